The van der Waals surface area contributed by atoms with E-state index < -0.39 is 5.41 Å². The molecule has 5 aromatic rings. The van der Waals surface area contributed by atoms with Gasteiger partial charge >= 0.3 is 0 Å². The molecule has 5 nitrogen and oxygen atoms in total. The van der Waals surface area contributed by atoms with E-state index in [1.54, 1.807) is 4.57 Å². The van der Waals surface area contributed by atoms with Crippen molar-refractivity contribution in [2.45, 2.75) is 18.4 Å². The van der Waals surface area contributed by atoms with Crippen molar-refractivity contribution >= 4 is 34.1 Å². The smallest absolute Gasteiger partial charge is 0.269 e. The van der Waals surface area contributed by atoms with Crippen molar-refractivity contribution in [3.8, 4) is 5.88 Å². The fourth-order valence-electron chi connectivity index (χ4n) is 5.33. The molecule has 182 valence electrons. The van der Waals surface area contributed by atoms with Crippen LogP contribution in [0.5, 0.6) is 5.88 Å². The lowest BCUT2D eigenvalue weighted by molar-refractivity contribution is -0.119. The van der Waals surface area contributed by atoms with Gasteiger partial charge < -0.3 is 9.67 Å². The van der Waals surface area contributed by atoms with Crippen LogP contribution in [-0.2, 0) is 16.8 Å². The van der Waals surface area contributed by atoms with Crippen LogP contribution in [0.1, 0.15) is 23.1 Å². The minimum absolute atomic E-state index is 0.0501. The fourth-order valence-corrected chi connectivity index (χ4v) is 5.53. The summed E-state index contributed by atoms with van der Waals surface area (Å²) in [7, 11) is 0. The molecule has 0 unspecified atom stereocenters. The Morgan fingerprint density at radius 2 is 1.46 bits per heavy atom. The van der Waals surface area contributed by atoms with Crippen LogP contribution in [0.4, 0.5) is 5.69 Å². The van der Waals surface area contributed by atoms with Crippen LogP contribution in [0.15, 0.2) is 119 Å². The number of aromatic hydroxyl groups is 1. The molecule has 1 aromatic heterocycles. The normalized spacial score (nSPS) is 16.3. The molecule has 0 radical (unpaired) electrons. The molecular weight excluding hydrogens is 482 g/mol. The number of hydrogen-bond donors (Lipinski definition) is 1. The number of azo groups is 1. The van der Waals surface area contributed by atoms with Crippen LogP contribution in [0, 0.1) is 5.92 Å². The van der Waals surface area contributed by atoms with Crippen LogP contribution >= 0.6 is 11.6 Å². The van der Waals surface area contributed by atoms with Crippen LogP contribution in [0.3, 0.4) is 0 Å². The second-order valence-corrected chi connectivity index (χ2v) is 9.77. The minimum Gasteiger partial charge on any atom is -0.493 e. The van der Waals surface area contributed by atoms with E-state index in [1.807, 2.05) is 84.9 Å². The number of fused-ring (bicyclic) bond motifs is 1. The Hall–Kier alpha value is -4.22. The van der Waals surface area contributed by atoms with Gasteiger partial charge in [-0.05, 0) is 35.2 Å². The van der Waals surface area contributed by atoms with Gasteiger partial charge in [0.1, 0.15) is 0 Å². The van der Waals surface area contributed by atoms with E-state index in [4.69, 9.17) is 11.6 Å². The number of para-hydroxylation sites is 1. The monoisotopic (exact) mass is 505 g/mol. The zero-order valence-electron chi connectivity index (χ0n) is 20.0. The largest absolute Gasteiger partial charge is 0.493 e. The molecule has 6 rings (SSSR count). The van der Waals surface area contributed by atoms with Gasteiger partial charge in [-0.1, -0.05) is 109 Å². The molecule has 0 saturated heterocycles. The molecular formula is C31H24ClN3O2. The topological polar surface area (TPSA) is 66.9 Å². The molecule has 1 amide bonds. The van der Waals surface area contributed by atoms with Crippen LogP contribution in [0.2, 0.25) is 5.02 Å². The molecule has 0 spiro atoms. The van der Waals surface area contributed by atoms with Crippen molar-refractivity contribution in [2.24, 2.45) is 16.1 Å². The molecule has 1 fully saturated rings. The van der Waals surface area contributed by atoms with E-state index in [2.05, 4.69) is 34.5 Å². The molecule has 1 N–H and O–H groups in total. The van der Waals surface area contributed by atoms with Crippen LogP contribution < -0.4 is 0 Å². The maximum Gasteiger partial charge on any atom is 0.269 e. The van der Waals surface area contributed by atoms with Gasteiger partial charge in [-0.3, -0.25) is 4.79 Å². The highest BCUT2D eigenvalue weighted by atomic mass is 35.5. The standard InChI is InChI=1S/C31H24ClN3O2/c32-26-17-9-7-11-21(26)20-35-27-18-10-8-16-24(27)28(30(35)37)33-34-29(36)25-19-31(25,22-12-3-1-4-13-22)23-14-5-2-6-15-23/h1-18,25,37H,19-20H2/t25-/m1/s1. The quantitative estimate of drug-likeness (QED) is 0.241. The highest BCUT2D eigenvalue weighted by molar-refractivity contribution is 6.31. The minimum atomic E-state index is -0.418. The number of hydrogen-bond acceptors (Lipinski definition) is 3. The maximum atomic E-state index is 13.4. The Morgan fingerprint density at radius 1 is 0.865 bits per heavy atom. The first-order chi connectivity index (χ1) is 18.1. The first kappa shape index (κ1) is 23.2. The molecule has 4 aromatic carbocycles. The summed E-state index contributed by atoms with van der Waals surface area (Å²) in [6.45, 7) is 0.364. The third-order valence-corrected chi connectivity index (χ3v) is 7.66. The number of benzene rings is 4. The number of rotatable bonds is 6. The van der Waals surface area contributed by atoms with Crippen molar-refractivity contribution in [2.75, 3.05) is 0 Å². The van der Waals surface area contributed by atoms with E-state index >= 15 is 0 Å². The number of aromatic nitrogens is 1. The summed E-state index contributed by atoms with van der Waals surface area (Å²) in [6, 6.07) is 35.2. The van der Waals surface area contributed by atoms with Crippen LogP contribution in [-0.4, -0.2) is 15.6 Å². The predicted octanol–water partition coefficient (Wildman–Crippen LogP) is 7.67. The van der Waals surface area contributed by atoms with Crippen molar-refractivity contribution in [3.05, 3.63) is 131 Å². The first-order valence-corrected chi connectivity index (χ1v) is 12.6. The number of carbonyl (C=O) groups excluding carboxylic acids is 1. The summed E-state index contributed by atoms with van der Waals surface area (Å²) in [5.74, 6) is -0.666. The maximum absolute atomic E-state index is 13.4. The van der Waals surface area contributed by atoms with Gasteiger partial charge in [0, 0.05) is 15.8 Å². The van der Waals surface area contributed by atoms with Gasteiger partial charge in [-0.25, -0.2) is 0 Å². The molecule has 6 heteroatoms. The van der Waals surface area contributed by atoms with E-state index in [0.717, 1.165) is 27.6 Å². The number of amides is 1. The molecule has 1 aliphatic rings. The predicted molar refractivity (Wildman–Crippen MR) is 145 cm³/mol. The average Bonchev–Trinajstić information content (AvgIpc) is 3.65. The van der Waals surface area contributed by atoms with Gasteiger partial charge in [-0.15, -0.1) is 10.2 Å². The second-order valence-electron chi connectivity index (χ2n) is 9.37. The lowest BCUT2D eigenvalue weighted by atomic mass is 9.85. The molecule has 1 saturated carbocycles. The molecule has 0 aliphatic heterocycles. The number of nitrogens with zero attached hydrogens (tertiary/aromatic N) is 3. The molecule has 37 heavy (non-hydrogen) atoms. The van der Waals surface area contributed by atoms with Gasteiger partial charge in [-0.2, -0.15) is 0 Å². The number of carbonyl (C=O) groups is 1. The fraction of sp³-hybridized carbons (Fsp3) is 0.129. The Bertz CT molecular complexity index is 1590. The second kappa shape index (κ2) is 9.34. The molecule has 1 atom stereocenters. The number of halogens is 1. The summed E-state index contributed by atoms with van der Waals surface area (Å²) < 4.78 is 1.74. The highest BCUT2D eigenvalue weighted by Crippen LogP contribution is 2.59. The third-order valence-electron chi connectivity index (χ3n) is 7.29. The van der Waals surface area contributed by atoms with Gasteiger partial charge in [0.05, 0.1) is 18.0 Å². The van der Waals surface area contributed by atoms with Crippen LogP contribution in [0.25, 0.3) is 10.9 Å². The lowest BCUT2D eigenvalue weighted by Gasteiger charge is -2.17. The van der Waals surface area contributed by atoms with E-state index in [0.29, 0.717) is 18.0 Å². The van der Waals surface area contributed by atoms with E-state index in [1.165, 1.54) is 0 Å². The summed E-state index contributed by atoms with van der Waals surface area (Å²) in [4.78, 5) is 13.4. The Morgan fingerprint density at radius 3 is 2.14 bits per heavy atom. The zero-order chi connectivity index (χ0) is 25.4. The molecule has 1 aliphatic carbocycles. The van der Waals surface area contributed by atoms with Crippen molar-refractivity contribution < 1.29 is 9.90 Å². The summed E-state index contributed by atoms with van der Waals surface area (Å²) in [5, 5.41) is 20.9. The lowest BCUT2D eigenvalue weighted by Crippen LogP contribution is -2.16. The van der Waals surface area contributed by atoms with Gasteiger partial charge in [0.2, 0.25) is 5.88 Å². The van der Waals surface area contributed by atoms with E-state index in [-0.39, 0.29) is 23.4 Å². The Kier molecular flexibility index (Phi) is 5.85. The molecule has 0 bridgehead atoms. The SMILES string of the molecule is O=C(N=Nc1c(O)n(Cc2ccccc2Cl)c2ccccc12)[C@H]1CC1(c1ccccc1)c1ccccc1. The first-order valence-electron chi connectivity index (χ1n) is 12.2. The van der Waals surface area contributed by atoms with Crippen molar-refractivity contribution in [1.82, 2.24) is 4.57 Å². The summed E-state index contributed by atoms with van der Waals surface area (Å²) >= 11 is 6.38. The van der Waals surface area contributed by atoms with Crippen molar-refractivity contribution in [3.63, 3.8) is 0 Å². The zero-order valence-corrected chi connectivity index (χ0v) is 20.7. The van der Waals surface area contributed by atoms with Gasteiger partial charge in [0.15, 0.2) is 5.69 Å². The Labute approximate surface area is 219 Å². The van der Waals surface area contributed by atoms with E-state index in [9.17, 15) is 9.90 Å². The van der Waals surface area contributed by atoms with Gasteiger partial charge in [0.25, 0.3) is 5.91 Å². The summed E-state index contributed by atoms with van der Waals surface area (Å²) in [6.07, 6.45) is 0.666. The highest BCUT2D eigenvalue weighted by Gasteiger charge is 2.60. The average molecular weight is 506 g/mol. The van der Waals surface area contributed by atoms with Crippen molar-refractivity contribution in [1.29, 1.82) is 0 Å². The molecule has 1 heterocycles. The summed E-state index contributed by atoms with van der Waals surface area (Å²) in [5.41, 5.74) is 3.70. The third kappa shape index (κ3) is 4.02. The Balaban J connectivity index is 1.34.